The molecule has 0 saturated heterocycles. The van der Waals surface area contributed by atoms with E-state index < -0.39 is 0 Å². The summed E-state index contributed by atoms with van der Waals surface area (Å²) in [6.45, 7) is 2.41. The molecule has 1 aliphatic heterocycles. The fraction of sp³-hybridized carbons (Fsp3) is 0.211. The van der Waals surface area contributed by atoms with Crippen LogP contribution in [0.1, 0.15) is 30.4 Å². The average Bonchev–Trinajstić information content (AvgIpc) is 2.57. The van der Waals surface area contributed by atoms with Gasteiger partial charge in [0.05, 0.1) is 11.5 Å². The number of fused-ring (bicyclic) bond motifs is 1. The van der Waals surface area contributed by atoms with Crippen LogP contribution < -0.4 is 4.74 Å². The van der Waals surface area contributed by atoms with Crippen molar-refractivity contribution in [1.29, 1.82) is 0 Å². The van der Waals surface area contributed by atoms with E-state index >= 15 is 0 Å². The molecule has 3 heteroatoms. The van der Waals surface area contributed by atoms with Gasteiger partial charge < -0.3 is 9.47 Å². The van der Waals surface area contributed by atoms with Crippen LogP contribution in [0.5, 0.6) is 5.75 Å². The SMILES string of the molecule is CCC(C(=O)OC1=CCOc2ccccc21)c1ccccc1. The highest BCUT2D eigenvalue weighted by Gasteiger charge is 2.24. The Labute approximate surface area is 130 Å². The molecule has 0 N–H and O–H groups in total. The van der Waals surface area contributed by atoms with Crippen molar-refractivity contribution in [1.82, 2.24) is 0 Å². The maximum absolute atomic E-state index is 12.5. The molecule has 3 nitrogen and oxygen atoms in total. The molecule has 0 aromatic heterocycles. The monoisotopic (exact) mass is 294 g/mol. The minimum absolute atomic E-state index is 0.225. The minimum atomic E-state index is -0.253. The summed E-state index contributed by atoms with van der Waals surface area (Å²) in [5, 5.41) is 0. The van der Waals surface area contributed by atoms with Gasteiger partial charge in [-0.05, 0) is 30.2 Å². The smallest absolute Gasteiger partial charge is 0.318 e. The lowest BCUT2D eigenvalue weighted by atomic mass is 9.97. The first-order valence-corrected chi connectivity index (χ1v) is 7.48. The summed E-state index contributed by atoms with van der Waals surface area (Å²) in [4.78, 5) is 12.5. The molecule has 0 radical (unpaired) electrons. The van der Waals surface area contributed by atoms with Crippen LogP contribution in [0, 0.1) is 0 Å². The van der Waals surface area contributed by atoms with E-state index in [1.165, 1.54) is 0 Å². The highest BCUT2D eigenvalue weighted by molar-refractivity contribution is 5.85. The average molecular weight is 294 g/mol. The number of hydrogen-bond donors (Lipinski definition) is 0. The van der Waals surface area contributed by atoms with E-state index in [0.717, 1.165) is 16.9 Å². The van der Waals surface area contributed by atoms with Gasteiger partial charge in [0.2, 0.25) is 0 Å². The maximum atomic E-state index is 12.5. The molecule has 1 heterocycles. The summed E-state index contributed by atoms with van der Waals surface area (Å²) in [6, 6.07) is 17.3. The standard InChI is InChI=1S/C19H18O3/c1-2-15(14-8-4-3-5-9-14)19(20)22-18-12-13-21-17-11-7-6-10-16(17)18/h3-12,15H,2,13H2,1H3. The van der Waals surface area contributed by atoms with Crippen LogP contribution in [0.4, 0.5) is 0 Å². The number of carbonyl (C=O) groups is 1. The fourth-order valence-electron chi connectivity index (χ4n) is 2.61. The molecule has 0 saturated carbocycles. The zero-order valence-electron chi connectivity index (χ0n) is 12.5. The first-order valence-electron chi connectivity index (χ1n) is 7.48. The molecule has 112 valence electrons. The van der Waals surface area contributed by atoms with Crippen molar-refractivity contribution in [2.75, 3.05) is 6.61 Å². The van der Waals surface area contributed by atoms with E-state index in [1.807, 2.05) is 61.5 Å². The Balaban J connectivity index is 1.81. The van der Waals surface area contributed by atoms with Crippen molar-refractivity contribution in [2.45, 2.75) is 19.3 Å². The topological polar surface area (TPSA) is 35.5 Å². The summed E-state index contributed by atoms with van der Waals surface area (Å²) in [7, 11) is 0. The van der Waals surface area contributed by atoms with Crippen molar-refractivity contribution >= 4 is 11.7 Å². The number of ether oxygens (including phenoxy) is 2. The Morgan fingerprint density at radius 3 is 2.64 bits per heavy atom. The summed E-state index contributed by atoms with van der Waals surface area (Å²) >= 11 is 0. The molecule has 0 bridgehead atoms. The van der Waals surface area contributed by atoms with Gasteiger partial charge in [-0.2, -0.15) is 0 Å². The predicted molar refractivity (Wildman–Crippen MR) is 85.5 cm³/mol. The minimum Gasteiger partial charge on any atom is -0.489 e. The number of para-hydroxylation sites is 1. The van der Waals surface area contributed by atoms with Crippen LogP contribution in [-0.4, -0.2) is 12.6 Å². The van der Waals surface area contributed by atoms with Gasteiger partial charge in [-0.25, -0.2) is 0 Å². The van der Waals surface area contributed by atoms with E-state index in [-0.39, 0.29) is 11.9 Å². The Morgan fingerprint density at radius 1 is 1.14 bits per heavy atom. The van der Waals surface area contributed by atoms with Gasteiger partial charge in [-0.15, -0.1) is 0 Å². The Hall–Kier alpha value is -2.55. The van der Waals surface area contributed by atoms with Crippen LogP contribution in [0.15, 0.2) is 60.7 Å². The molecule has 0 aliphatic carbocycles. The van der Waals surface area contributed by atoms with E-state index in [2.05, 4.69) is 0 Å². The van der Waals surface area contributed by atoms with Crippen molar-refractivity contribution in [3.05, 3.63) is 71.8 Å². The first-order chi connectivity index (χ1) is 10.8. The lowest BCUT2D eigenvalue weighted by Crippen LogP contribution is -2.17. The number of hydrogen-bond acceptors (Lipinski definition) is 3. The fourth-order valence-corrected chi connectivity index (χ4v) is 2.61. The number of esters is 1. The molecule has 0 spiro atoms. The highest BCUT2D eigenvalue weighted by atomic mass is 16.5. The molecule has 2 aromatic carbocycles. The Morgan fingerprint density at radius 2 is 1.86 bits per heavy atom. The molecule has 22 heavy (non-hydrogen) atoms. The molecule has 0 fully saturated rings. The van der Waals surface area contributed by atoms with E-state index in [0.29, 0.717) is 18.8 Å². The Bertz CT molecular complexity index is 689. The highest BCUT2D eigenvalue weighted by Crippen LogP contribution is 2.32. The second-order valence-corrected chi connectivity index (χ2v) is 5.17. The number of benzene rings is 2. The summed E-state index contributed by atoms with van der Waals surface area (Å²) in [5.41, 5.74) is 1.81. The summed E-state index contributed by atoms with van der Waals surface area (Å²) < 4.78 is 11.2. The van der Waals surface area contributed by atoms with Crippen molar-refractivity contribution in [3.8, 4) is 5.75 Å². The number of carbonyl (C=O) groups excluding carboxylic acids is 1. The zero-order chi connectivity index (χ0) is 15.4. The van der Waals surface area contributed by atoms with Gasteiger partial charge in [-0.1, -0.05) is 49.4 Å². The third kappa shape index (κ3) is 2.89. The van der Waals surface area contributed by atoms with Crippen molar-refractivity contribution < 1.29 is 14.3 Å². The van der Waals surface area contributed by atoms with Gasteiger partial charge in [0.25, 0.3) is 0 Å². The van der Waals surface area contributed by atoms with Crippen LogP contribution >= 0.6 is 0 Å². The van der Waals surface area contributed by atoms with Gasteiger partial charge in [0.15, 0.2) is 0 Å². The summed E-state index contributed by atoms with van der Waals surface area (Å²) in [6.07, 6.45) is 2.51. The Kier molecular flexibility index (Phi) is 4.24. The molecule has 1 atom stereocenters. The van der Waals surface area contributed by atoms with E-state index in [1.54, 1.807) is 6.08 Å². The van der Waals surface area contributed by atoms with Crippen LogP contribution in [-0.2, 0) is 9.53 Å². The largest absolute Gasteiger partial charge is 0.489 e. The molecule has 2 aromatic rings. The quantitative estimate of drug-likeness (QED) is 0.794. The van der Waals surface area contributed by atoms with Crippen LogP contribution in [0.2, 0.25) is 0 Å². The van der Waals surface area contributed by atoms with Gasteiger partial charge in [0, 0.05) is 0 Å². The van der Waals surface area contributed by atoms with Crippen molar-refractivity contribution in [3.63, 3.8) is 0 Å². The van der Waals surface area contributed by atoms with E-state index in [4.69, 9.17) is 9.47 Å². The third-order valence-electron chi connectivity index (χ3n) is 3.77. The van der Waals surface area contributed by atoms with Crippen LogP contribution in [0.25, 0.3) is 5.76 Å². The lowest BCUT2D eigenvalue weighted by molar-refractivity contribution is -0.138. The lowest BCUT2D eigenvalue weighted by Gasteiger charge is -2.20. The second kappa shape index (κ2) is 6.48. The normalized spacial score (nSPS) is 14.3. The first kappa shape index (κ1) is 14.4. The van der Waals surface area contributed by atoms with Gasteiger partial charge in [0.1, 0.15) is 18.1 Å². The predicted octanol–water partition coefficient (Wildman–Crippen LogP) is 4.16. The molecular weight excluding hydrogens is 276 g/mol. The van der Waals surface area contributed by atoms with Crippen LogP contribution in [0.3, 0.4) is 0 Å². The zero-order valence-corrected chi connectivity index (χ0v) is 12.5. The van der Waals surface area contributed by atoms with Crippen molar-refractivity contribution in [2.24, 2.45) is 0 Å². The second-order valence-electron chi connectivity index (χ2n) is 5.17. The van der Waals surface area contributed by atoms with Gasteiger partial charge in [-0.3, -0.25) is 4.79 Å². The molecule has 0 amide bonds. The molecular formula is C19H18O3. The van der Waals surface area contributed by atoms with Gasteiger partial charge >= 0.3 is 5.97 Å². The molecule has 1 aliphatic rings. The maximum Gasteiger partial charge on any atom is 0.318 e. The molecule has 3 rings (SSSR count). The molecule has 1 unspecified atom stereocenters. The number of rotatable bonds is 4. The van der Waals surface area contributed by atoms with E-state index in [9.17, 15) is 4.79 Å². The summed E-state index contributed by atoms with van der Waals surface area (Å²) in [5.74, 6) is 0.857. The third-order valence-corrected chi connectivity index (χ3v) is 3.77.